The highest BCUT2D eigenvalue weighted by Crippen LogP contribution is 2.27. The van der Waals surface area contributed by atoms with Gasteiger partial charge in [-0.25, -0.2) is 8.42 Å². The molecule has 0 atom stereocenters. The number of sulfone groups is 1. The van der Waals surface area contributed by atoms with Crippen LogP contribution in [-0.2, 0) is 9.84 Å². The van der Waals surface area contributed by atoms with E-state index in [9.17, 15) is 8.42 Å². The topological polar surface area (TPSA) is 92.4 Å². The Morgan fingerprint density at radius 1 is 1.05 bits per heavy atom. The van der Waals surface area contributed by atoms with Crippen molar-refractivity contribution in [2.24, 2.45) is 0 Å². The maximum atomic E-state index is 12.6. The van der Waals surface area contributed by atoms with Gasteiger partial charge in [-0.15, -0.1) is 0 Å². The molecule has 0 aliphatic rings. The molecule has 0 aliphatic carbocycles. The molecular formula is C14H16N2O3S. The summed E-state index contributed by atoms with van der Waals surface area (Å²) in [6.07, 6.45) is 0. The van der Waals surface area contributed by atoms with E-state index < -0.39 is 9.84 Å². The number of nitrogen functional groups attached to an aromatic ring is 1. The van der Waals surface area contributed by atoms with Crippen molar-refractivity contribution in [1.29, 1.82) is 0 Å². The van der Waals surface area contributed by atoms with Crippen LogP contribution in [0.5, 0.6) is 0 Å². The van der Waals surface area contributed by atoms with Gasteiger partial charge in [-0.3, -0.25) is 0 Å². The van der Waals surface area contributed by atoms with Crippen LogP contribution in [0, 0.1) is 0 Å². The number of hydrogen-bond donors (Lipinski definition) is 3. The molecule has 0 radical (unpaired) electrons. The number of benzene rings is 2. The lowest BCUT2D eigenvalue weighted by Crippen LogP contribution is -2.10. The van der Waals surface area contributed by atoms with E-state index in [4.69, 9.17) is 10.8 Å². The van der Waals surface area contributed by atoms with Gasteiger partial charge < -0.3 is 16.2 Å². The summed E-state index contributed by atoms with van der Waals surface area (Å²) in [4.78, 5) is 0.364. The molecule has 0 fully saturated rings. The van der Waals surface area contributed by atoms with Crippen molar-refractivity contribution in [3.63, 3.8) is 0 Å². The molecule has 106 valence electrons. The highest BCUT2D eigenvalue weighted by Gasteiger charge is 2.20. The van der Waals surface area contributed by atoms with Crippen molar-refractivity contribution >= 4 is 21.2 Å². The third kappa shape index (κ3) is 2.92. The minimum Gasteiger partial charge on any atom is -0.399 e. The summed E-state index contributed by atoms with van der Waals surface area (Å²) in [5, 5.41) is 11.7. The molecule has 2 aromatic carbocycles. The first-order valence-electron chi connectivity index (χ1n) is 6.10. The highest BCUT2D eigenvalue weighted by atomic mass is 32.2. The quantitative estimate of drug-likeness (QED) is 0.726. The van der Waals surface area contributed by atoms with E-state index in [0.29, 0.717) is 11.4 Å². The molecule has 2 aromatic rings. The number of aliphatic hydroxyl groups is 1. The molecule has 0 spiro atoms. The second kappa shape index (κ2) is 5.94. The largest absolute Gasteiger partial charge is 0.399 e. The second-order valence-electron chi connectivity index (χ2n) is 4.22. The fourth-order valence-electron chi connectivity index (χ4n) is 1.81. The summed E-state index contributed by atoms with van der Waals surface area (Å²) in [5.74, 6) is 0. The van der Waals surface area contributed by atoms with Gasteiger partial charge in [0.05, 0.1) is 22.1 Å². The summed E-state index contributed by atoms with van der Waals surface area (Å²) >= 11 is 0. The monoisotopic (exact) mass is 292 g/mol. The van der Waals surface area contributed by atoms with Gasteiger partial charge in [0.15, 0.2) is 0 Å². The Labute approximate surface area is 118 Å². The number of nitrogens with two attached hydrogens (primary N) is 1. The van der Waals surface area contributed by atoms with Gasteiger partial charge in [-0.1, -0.05) is 12.1 Å². The Morgan fingerprint density at radius 3 is 2.35 bits per heavy atom. The Balaban J connectivity index is 2.46. The van der Waals surface area contributed by atoms with Gasteiger partial charge in [0.2, 0.25) is 9.84 Å². The van der Waals surface area contributed by atoms with Gasteiger partial charge >= 0.3 is 0 Å². The number of anilines is 2. The molecule has 0 unspecified atom stereocenters. The summed E-state index contributed by atoms with van der Waals surface area (Å²) in [7, 11) is -3.62. The van der Waals surface area contributed by atoms with Gasteiger partial charge in [0.25, 0.3) is 0 Å². The zero-order chi connectivity index (χ0) is 14.6. The maximum absolute atomic E-state index is 12.6. The van der Waals surface area contributed by atoms with Gasteiger partial charge in [0, 0.05) is 12.2 Å². The summed E-state index contributed by atoms with van der Waals surface area (Å²) in [6, 6.07) is 12.7. The Kier molecular flexibility index (Phi) is 4.26. The van der Waals surface area contributed by atoms with Crippen LogP contribution >= 0.6 is 0 Å². The van der Waals surface area contributed by atoms with Gasteiger partial charge in [-0.05, 0) is 36.4 Å². The van der Waals surface area contributed by atoms with E-state index in [1.807, 2.05) is 0 Å². The van der Waals surface area contributed by atoms with Crippen LogP contribution in [0.2, 0.25) is 0 Å². The fourth-order valence-corrected chi connectivity index (χ4v) is 3.25. The normalized spacial score (nSPS) is 11.2. The standard InChI is InChI=1S/C14H16N2O3S/c15-11-5-7-12(8-6-11)20(18,19)14-4-2-1-3-13(14)16-9-10-17/h1-8,16-17H,9-10,15H2. The van der Waals surface area contributed by atoms with Crippen LogP contribution in [0.4, 0.5) is 11.4 Å². The fraction of sp³-hybridized carbons (Fsp3) is 0.143. The molecule has 0 bridgehead atoms. The van der Waals surface area contributed by atoms with Crippen LogP contribution in [0.3, 0.4) is 0 Å². The van der Waals surface area contributed by atoms with Crippen LogP contribution in [0.1, 0.15) is 0 Å². The first-order chi connectivity index (χ1) is 9.55. The van der Waals surface area contributed by atoms with Crippen molar-refractivity contribution in [3.05, 3.63) is 48.5 Å². The average molecular weight is 292 g/mol. The molecule has 4 N–H and O–H groups in total. The first kappa shape index (κ1) is 14.4. The lowest BCUT2D eigenvalue weighted by Gasteiger charge is -2.12. The molecule has 0 aromatic heterocycles. The molecule has 0 heterocycles. The SMILES string of the molecule is Nc1ccc(S(=O)(=O)c2ccccc2NCCO)cc1. The minimum absolute atomic E-state index is 0.0732. The molecule has 0 saturated carbocycles. The summed E-state index contributed by atoms with van der Waals surface area (Å²) in [6.45, 7) is 0.213. The van der Waals surface area contributed by atoms with Crippen LogP contribution in [0.15, 0.2) is 58.3 Å². The van der Waals surface area contributed by atoms with Crippen molar-refractivity contribution in [1.82, 2.24) is 0 Å². The Bertz CT molecular complexity index is 682. The zero-order valence-corrected chi connectivity index (χ0v) is 11.6. The lowest BCUT2D eigenvalue weighted by atomic mass is 10.3. The molecule has 20 heavy (non-hydrogen) atoms. The molecule has 0 saturated heterocycles. The van der Waals surface area contributed by atoms with Gasteiger partial charge in [0.1, 0.15) is 0 Å². The van der Waals surface area contributed by atoms with Crippen LogP contribution in [-0.4, -0.2) is 26.7 Å². The van der Waals surface area contributed by atoms with Crippen molar-refractivity contribution in [3.8, 4) is 0 Å². The van der Waals surface area contributed by atoms with Gasteiger partial charge in [-0.2, -0.15) is 0 Å². The van der Waals surface area contributed by atoms with E-state index in [1.54, 1.807) is 30.3 Å². The van der Waals surface area contributed by atoms with E-state index in [2.05, 4.69) is 5.32 Å². The number of para-hydroxylation sites is 1. The summed E-state index contributed by atoms with van der Waals surface area (Å²) < 4.78 is 25.2. The highest BCUT2D eigenvalue weighted by molar-refractivity contribution is 7.91. The number of aliphatic hydroxyl groups excluding tert-OH is 1. The molecule has 0 aliphatic heterocycles. The predicted molar refractivity (Wildman–Crippen MR) is 78.3 cm³/mol. The first-order valence-corrected chi connectivity index (χ1v) is 7.58. The van der Waals surface area contributed by atoms with Crippen LogP contribution in [0.25, 0.3) is 0 Å². The predicted octanol–water partition coefficient (Wildman–Crippen LogP) is 1.51. The van der Waals surface area contributed by atoms with E-state index in [0.717, 1.165) is 0 Å². The Morgan fingerprint density at radius 2 is 1.70 bits per heavy atom. The number of hydrogen-bond acceptors (Lipinski definition) is 5. The zero-order valence-electron chi connectivity index (χ0n) is 10.8. The lowest BCUT2D eigenvalue weighted by molar-refractivity contribution is 0.311. The molecular weight excluding hydrogens is 276 g/mol. The molecule has 2 rings (SSSR count). The van der Waals surface area contributed by atoms with E-state index >= 15 is 0 Å². The average Bonchev–Trinajstić information content (AvgIpc) is 2.46. The maximum Gasteiger partial charge on any atom is 0.208 e. The van der Waals surface area contributed by atoms with Crippen LogP contribution < -0.4 is 11.1 Å². The summed E-state index contributed by atoms with van der Waals surface area (Å²) in [5.41, 5.74) is 6.55. The third-order valence-electron chi connectivity index (χ3n) is 2.79. The van der Waals surface area contributed by atoms with E-state index in [-0.39, 0.29) is 22.9 Å². The number of rotatable bonds is 5. The molecule has 5 nitrogen and oxygen atoms in total. The molecule has 6 heteroatoms. The number of nitrogens with one attached hydrogen (secondary N) is 1. The molecule has 0 amide bonds. The third-order valence-corrected chi connectivity index (χ3v) is 4.62. The smallest absolute Gasteiger partial charge is 0.208 e. The van der Waals surface area contributed by atoms with E-state index in [1.165, 1.54) is 18.2 Å². The van der Waals surface area contributed by atoms with Crippen molar-refractivity contribution in [2.45, 2.75) is 9.79 Å². The second-order valence-corrected chi connectivity index (χ2v) is 6.14. The Hall–Kier alpha value is -2.05. The minimum atomic E-state index is -3.62. The van der Waals surface area contributed by atoms with Crippen molar-refractivity contribution in [2.75, 3.05) is 24.2 Å². The van der Waals surface area contributed by atoms with Crippen molar-refractivity contribution < 1.29 is 13.5 Å².